The van der Waals surface area contributed by atoms with Crippen LogP contribution in [0.5, 0.6) is 0 Å². The molecule has 1 saturated heterocycles. The van der Waals surface area contributed by atoms with E-state index in [0.29, 0.717) is 12.8 Å². The zero-order chi connectivity index (χ0) is 31.5. The van der Waals surface area contributed by atoms with Crippen LogP contribution < -0.4 is 5.30 Å². The van der Waals surface area contributed by atoms with Crippen molar-refractivity contribution in [1.82, 2.24) is 9.97 Å². The van der Waals surface area contributed by atoms with Crippen molar-refractivity contribution in [2.75, 3.05) is 13.2 Å². The zero-order valence-corrected chi connectivity index (χ0v) is 25.6. The number of pyridine rings is 1. The Labute approximate surface area is 254 Å². The summed E-state index contributed by atoms with van der Waals surface area (Å²) in [6.07, 6.45) is -1.66. The van der Waals surface area contributed by atoms with Crippen molar-refractivity contribution in [2.45, 2.75) is 58.2 Å². The number of aromatic amines is 1. The zero-order valence-electron chi connectivity index (χ0n) is 24.7. The molecule has 3 heterocycles. The molecule has 0 radical (unpaired) electrons. The van der Waals surface area contributed by atoms with Crippen LogP contribution in [0.1, 0.15) is 64.2 Å². The van der Waals surface area contributed by atoms with E-state index in [-0.39, 0.29) is 52.5 Å². The first kappa shape index (κ1) is 31.7. The van der Waals surface area contributed by atoms with Crippen LogP contribution in [0.15, 0.2) is 72.9 Å². The third-order valence-corrected chi connectivity index (χ3v) is 9.97. The second-order valence-electron chi connectivity index (χ2n) is 10.9. The Morgan fingerprint density at radius 1 is 1.07 bits per heavy atom. The summed E-state index contributed by atoms with van der Waals surface area (Å²) in [6.45, 7) is 4.78. The van der Waals surface area contributed by atoms with Crippen LogP contribution in [0, 0.1) is 13.8 Å². The number of hydrogen-bond donors (Lipinski definition) is 1. The minimum atomic E-state index is -4.77. The number of rotatable bonds is 9. The van der Waals surface area contributed by atoms with Gasteiger partial charge in [-0.2, -0.15) is 13.2 Å². The highest BCUT2D eigenvalue weighted by atomic mass is 31.2. The predicted octanol–water partition coefficient (Wildman–Crippen LogP) is 7.93. The van der Waals surface area contributed by atoms with Crippen molar-refractivity contribution in [1.29, 1.82) is 0 Å². The number of aromatic nitrogens is 2. The van der Waals surface area contributed by atoms with E-state index in [2.05, 4.69) is 9.97 Å². The molecule has 1 fully saturated rings. The third kappa shape index (κ3) is 6.83. The summed E-state index contributed by atoms with van der Waals surface area (Å²) in [7, 11) is -4.19. The van der Waals surface area contributed by atoms with Crippen molar-refractivity contribution < 1.29 is 36.3 Å². The van der Waals surface area contributed by atoms with E-state index in [1.165, 1.54) is 32.0 Å². The Bertz CT molecular complexity index is 1660. The molecule has 2 aromatic heterocycles. The van der Waals surface area contributed by atoms with Gasteiger partial charge in [0.05, 0.1) is 47.1 Å². The second-order valence-corrected chi connectivity index (χ2v) is 12.8. The molecule has 0 bridgehead atoms. The van der Waals surface area contributed by atoms with Crippen LogP contribution in [-0.2, 0) is 30.9 Å². The van der Waals surface area contributed by atoms with Crippen LogP contribution >= 0.6 is 7.60 Å². The van der Waals surface area contributed by atoms with Gasteiger partial charge >= 0.3 is 19.7 Å². The van der Waals surface area contributed by atoms with Gasteiger partial charge in [0.15, 0.2) is 0 Å². The summed E-state index contributed by atoms with van der Waals surface area (Å²) in [5.74, 6) is -1.10. The van der Waals surface area contributed by atoms with Gasteiger partial charge in [-0.25, -0.2) is 4.79 Å². The Hall–Kier alpha value is -3.72. The van der Waals surface area contributed by atoms with Crippen LogP contribution in [-0.4, -0.2) is 35.3 Å². The quantitative estimate of drug-likeness (QED) is 0.150. The lowest BCUT2D eigenvalue weighted by molar-refractivity contribution is -0.137. The second kappa shape index (κ2) is 13.1. The average molecular weight is 627 g/mol. The summed E-state index contributed by atoms with van der Waals surface area (Å²) < 4.78 is 74.6. The van der Waals surface area contributed by atoms with Gasteiger partial charge in [-0.05, 0) is 69.4 Å². The minimum Gasteiger partial charge on any atom is -0.461 e. The number of nitrogens with one attached hydrogen (secondary N) is 1. The molecule has 232 valence electrons. The lowest BCUT2D eigenvalue weighted by Gasteiger charge is -2.31. The maximum Gasteiger partial charge on any atom is 0.417 e. The van der Waals surface area contributed by atoms with Crippen LogP contribution in [0.25, 0.3) is 11.1 Å². The summed E-state index contributed by atoms with van der Waals surface area (Å²) in [4.78, 5) is 21.6. The first-order chi connectivity index (χ1) is 21.0. The number of halogens is 3. The number of alkyl halides is 3. The molecule has 3 unspecified atom stereocenters. The highest BCUT2D eigenvalue weighted by molar-refractivity contribution is 7.62. The molecule has 1 N–H and O–H groups in total. The molecule has 44 heavy (non-hydrogen) atoms. The molecule has 4 aromatic rings. The number of aryl methyl sites for hydroxylation is 3. The Kier molecular flexibility index (Phi) is 9.44. The number of esters is 1. The van der Waals surface area contributed by atoms with E-state index in [9.17, 15) is 22.5 Å². The number of H-pyrrole nitrogens is 1. The number of carbonyl (C=O) groups excluding carboxylic acids is 1. The molecule has 3 atom stereocenters. The van der Waals surface area contributed by atoms with Crippen molar-refractivity contribution in [3.05, 3.63) is 107 Å². The van der Waals surface area contributed by atoms with E-state index in [1.807, 2.05) is 42.5 Å². The van der Waals surface area contributed by atoms with Crippen LogP contribution in [0.2, 0.25) is 0 Å². The Balaban J connectivity index is 1.58. The average Bonchev–Trinajstić information content (AvgIpc) is 3.51. The fourth-order valence-electron chi connectivity index (χ4n) is 5.57. The molecule has 2 aromatic carbocycles. The SMILES string of the molecule is Cc1nc(C)c(P2(=O)OCCC(C)O2)c(-c2ccccc2C(F)(F)F)c1C(=O)OCC(CCc1ccccc1)c1ccc[nH]1. The maximum absolute atomic E-state index is 14.4. The lowest BCUT2D eigenvalue weighted by Crippen LogP contribution is -2.29. The van der Waals surface area contributed by atoms with Gasteiger partial charge in [0, 0.05) is 23.4 Å². The normalized spacial score (nSPS) is 19.5. The van der Waals surface area contributed by atoms with Gasteiger partial charge in [0.25, 0.3) is 0 Å². The predicted molar refractivity (Wildman–Crippen MR) is 161 cm³/mol. The molecule has 5 rings (SSSR count). The maximum atomic E-state index is 14.4. The Morgan fingerprint density at radius 3 is 2.48 bits per heavy atom. The molecule has 0 aliphatic carbocycles. The number of benzene rings is 2. The molecular weight excluding hydrogens is 592 g/mol. The Morgan fingerprint density at radius 2 is 1.80 bits per heavy atom. The monoisotopic (exact) mass is 626 g/mol. The standard InChI is InChI=1S/C33H34F3N2O5P/c1-21-17-19-42-44(40,43-21)31-23(3)38-22(2)29(30(31)26-12-7-8-13-27(26)33(34,35)36)32(39)41-20-25(28-14-9-18-37-28)16-15-24-10-5-4-6-11-24/h4-14,18,21,25,37H,15-17,19-20H2,1-3H3. The van der Waals surface area contributed by atoms with E-state index >= 15 is 0 Å². The van der Waals surface area contributed by atoms with Crippen molar-refractivity contribution in [3.8, 4) is 11.1 Å². The number of nitrogens with zero attached hydrogens (tertiary/aromatic N) is 1. The molecule has 0 saturated carbocycles. The molecule has 11 heteroatoms. The first-order valence-corrected chi connectivity index (χ1v) is 16.0. The van der Waals surface area contributed by atoms with Crippen molar-refractivity contribution >= 4 is 18.9 Å². The number of hydrogen-bond acceptors (Lipinski definition) is 6. The highest BCUT2D eigenvalue weighted by Crippen LogP contribution is 2.55. The van der Waals surface area contributed by atoms with Gasteiger partial charge in [0.2, 0.25) is 0 Å². The van der Waals surface area contributed by atoms with E-state index < -0.39 is 31.4 Å². The number of ether oxygens (including phenoxy) is 1. The van der Waals surface area contributed by atoms with E-state index in [0.717, 1.165) is 23.7 Å². The lowest BCUT2D eigenvalue weighted by atomic mass is 9.93. The first-order valence-electron chi connectivity index (χ1n) is 14.4. The molecule has 0 spiro atoms. The molecule has 1 aliphatic heterocycles. The number of carbonyl (C=O) groups is 1. The molecule has 1 aliphatic rings. The fraction of sp³-hybridized carbons (Fsp3) is 0.333. The summed E-state index contributed by atoms with van der Waals surface area (Å²) in [5.41, 5.74) is 0.526. The van der Waals surface area contributed by atoms with Crippen molar-refractivity contribution in [3.63, 3.8) is 0 Å². The molecule has 0 amide bonds. The van der Waals surface area contributed by atoms with E-state index in [1.54, 1.807) is 13.1 Å². The third-order valence-electron chi connectivity index (χ3n) is 7.71. The van der Waals surface area contributed by atoms with Gasteiger partial charge in [-0.3, -0.25) is 9.55 Å². The van der Waals surface area contributed by atoms with Crippen LogP contribution in [0.4, 0.5) is 13.2 Å². The highest BCUT2D eigenvalue weighted by Gasteiger charge is 2.43. The van der Waals surface area contributed by atoms with E-state index in [4.69, 9.17) is 13.8 Å². The van der Waals surface area contributed by atoms with Gasteiger partial charge in [-0.15, -0.1) is 0 Å². The van der Waals surface area contributed by atoms with Gasteiger partial charge < -0.3 is 18.8 Å². The summed E-state index contributed by atoms with van der Waals surface area (Å²) >= 11 is 0. The summed E-state index contributed by atoms with van der Waals surface area (Å²) in [5, 5.41) is -0.164. The summed E-state index contributed by atoms with van der Waals surface area (Å²) in [6, 6.07) is 18.5. The largest absolute Gasteiger partial charge is 0.461 e. The van der Waals surface area contributed by atoms with Crippen LogP contribution in [0.3, 0.4) is 0 Å². The minimum absolute atomic E-state index is 0.0448. The van der Waals surface area contributed by atoms with Gasteiger partial charge in [-0.1, -0.05) is 48.5 Å². The van der Waals surface area contributed by atoms with Crippen molar-refractivity contribution in [2.24, 2.45) is 0 Å². The molecular formula is C33H34F3N2O5P. The fourth-order valence-corrected chi connectivity index (χ4v) is 7.75. The molecule has 7 nitrogen and oxygen atoms in total. The smallest absolute Gasteiger partial charge is 0.417 e. The topological polar surface area (TPSA) is 90.5 Å². The van der Waals surface area contributed by atoms with Gasteiger partial charge in [0.1, 0.15) is 0 Å².